The van der Waals surface area contributed by atoms with Crippen molar-refractivity contribution in [3.63, 3.8) is 0 Å². The predicted octanol–water partition coefficient (Wildman–Crippen LogP) is 3.83. The lowest BCUT2D eigenvalue weighted by molar-refractivity contribution is 0.0944. The van der Waals surface area contributed by atoms with E-state index in [-0.39, 0.29) is 11.9 Å². The summed E-state index contributed by atoms with van der Waals surface area (Å²) >= 11 is 5.10. The SMILES string of the molecule is Cc1ccsc1C(=O)NC1CCN(c2ccccc2Br)C1. The molecular weight excluding hydrogens is 348 g/mol. The second-order valence-electron chi connectivity index (χ2n) is 5.29. The van der Waals surface area contributed by atoms with E-state index in [1.807, 2.05) is 30.5 Å². The molecule has 110 valence electrons. The molecule has 0 aliphatic carbocycles. The van der Waals surface area contributed by atoms with Gasteiger partial charge in [0.15, 0.2) is 0 Å². The Labute approximate surface area is 137 Å². The summed E-state index contributed by atoms with van der Waals surface area (Å²) in [4.78, 5) is 15.4. The molecule has 2 aromatic rings. The van der Waals surface area contributed by atoms with Crippen LogP contribution in [0.3, 0.4) is 0 Å². The highest BCUT2D eigenvalue weighted by molar-refractivity contribution is 9.10. The van der Waals surface area contributed by atoms with Crippen LogP contribution in [0.5, 0.6) is 0 Å². The van der Waals surface area contributed by atoms with Crippen LogP contribution in [-0.2, 0) is 0 Å². The molecule has 0 saturated carbocycles. The zero-order valence-corrected chi connectivity index (χ0v) is 14.2. The van der Waals surface area contributed by atoms with Crippen molar-refractivity contribution in [1.82, 2.24) is 5.32 Å². The Kier molecular flexibility index (Phi) is 4.31. The zero-order valence-electron chi connectivity index (χ0n) is 11.8. The number of amides is 1. The summed E-state index contributed by atoms with van der Waals surface area (Å²) in [6.07, 6.45) is 0.984. The minimum absolute atomic E-state index is 0.0569. The predicted molar refractivity (Wildman–Crippen MR) is 91.3 cm³/mol. The van der Waals surface area contributed by atoms with Crippen LogP contribution < -0.4 is 10.2 Å². The van der Waals surface area contributed by atoms with Crippen LogP contribution in [-0.4, -0.2) is 25.0 Å². The number of para-hydroxylation sites is 1. The first-order valence-corrected chi connectivity index (χ1v) is 8.67. The molecule has 1 aromatic carbocycles. The number of thiophene rings is 1. The van der Waals surface area contributed by atoms with Gasteiger partial charge in [0, 0.05) is 23.6 Å². The topological polar surface area (TPSA) is 32.3 Å². The van der Waals surface area contributed by atoms with Crippen molar-refractivity contribution in [2.45, 2.75) is 19.4 Å². The third-order valence-electron chi connectivity index (χ3n) is 3.78. The van der Waals surface area contributed by atoms with Crippen molar-refractivity contribution in [2.24, 2.45) is 0 Å². The molecule has 21 heavy (non-hydrogen) atoms. The quantitative estimate of drug-likeness (QED) is 0.897. The highest BCUT2D eigenvalue weighted by atomic mass is 79.9. The van der Waals surface area contributed by atoms with E-state index in [0.29, 0.717) is 0 Å². The van der Waals surface area contributed by atoms with Gasteiger partial charge in [-0.15, -0.1) is 11.3 Å². The van der Waals surface area contributed by atoms with Crippen LogP contribution >= 0.6 is 27.3 Å². The Bertz CT molecular complexity index is 655. The fourth-order valence-electron chi connectivity index (χ4n) is 2.66. The maximum Gasteiger partial charge on any atom is 0.261 e. The number of nitrogens with zero attached hydrogens (tertiary/aromatic N) is 1. The standard InChI is InChI=1S/C16H17BrN2OS/c1-11-7-9-21-15(11)16(20)18-12-6-8-19(10-12)14-5-3-2-4-13(14)17/h2-5,7,9,12H,6,8,10H2,1H3,(H,18,20). The van der Waals surface area contributed by atoms with Crippen LogP contribution in [0.2, 0.25) is 0 Å². The number of anilines is 1. The Morgan fingerprint density at radius 2 is 2.19 bits per heavy atom. The largest absolute Gasteiger partial charge is 0.368 e. The van der Waals surface area contributed by atoms with Gasteiger partial charge in [-0.1, -0.05) is 12.1 Å². The number of carbonyl (C=O) groups is 1. The molecule has 3 nitrogen and oxygen atoms in total. The van der Waals surface area contributed by atoms with Gasteiger partial charge in [0.25, 0.3) is 5.91 Å². The maximum absolute atomic E-state index is 12.3. The lowest BCUT2D eigenvalue weighted by Gasteiger charge is -2.20. The summed E-state index contributed by atoms with van der Waals surface area (Å²) in [7, 11) is 0. The second-order valence-corrected chi connectivity index (χ2v) is 7.06. The highest BCUT2D eigenvalue weighted by Gasteiger charge is 2.26. The van der Waals surface area contributed by atoms with Gasteiger partial charge in [-0.25, -0.2) is 0 Å². The number of aryl methyl sites for hydroxylation is 1. The van der Waals surface area contributed by atoms with Crippen molar-refractivity contribution in [3.05, 3.63) is 50.6 Å². The second kappa shape index (κ2) is 6.20. The highest BCUT2D eigenvalue weighted by Crippen LogP contribution is 2.28. The van der Waals surface area contributed by atoms with Crippen molar-refractivity contribution in [2.75, 3.05) is 18.0 Å². The number of benzene rings is 1. The lowest BCUT2D eigenvalue weighted by Crippen LogP contribution is -2.37. The third-order valence-corrected chi connectivity index (χ3v) is 5.47. The molecule has 0 bridgehead atoms. The molecule has 1 N–H and O–H groups in total. The molecule has 1 atom stereocenters. The van der Waals surface area contributed by atoms with Crippen molar-refractivity contribution >= 4 is 38.9 Å². The van der Waals surface area contributed by atoms with Gasteiger partial charge >= 0.3 is 0 Å². The molecule has 0 spiro atoms. The molecule has 1 amide bonds. The number of hydrogen-bond donors (Lipinski definition) is 1. The fourth-order valence-corrected chi connectivity index (χ4v) is 4.03. The third kappa shape index (κ3) is 3.14. The van der Waals surface area contributed by atoms with Crippen LogP contribution in [0, 0.1) is 6.92 Å². The summed E-state index contributed by atoms with van der Waals surface area (Å²) in [5.41, 5.74) is 2.25. The van der Waals surface area contributed by atoms with E-state index in [1.54, 1.807) is 0 Å². The van der Waals surface area contributed by atoms with E-state index < -0.39 is 0 Å². The summed E-state index contributed by atoms with van der Waals surface area (Å²) in [6.45, 7) is 3.81. The van der Waals surface area contributed by atoms with E-state index in [4.69, 9.17) is 0 Å². The van der Waals surface area contributed by atoms with Crippen LogP contribution in [0.4, 0.5) is 5.69 Å². The molecule has 1 unspecified atom stereocenters. The first-order chi connectivity index (χ1) is 10.1. The molecule has 5 heteroatoms. The summed E-state index contributed by atoms with van der Waals surface area (Å²) in [6, 6.07) is 10.4. The Balaban J connectivity index is 1.64. The van der Waals surface area contributed by atoms with Gasteiger partial charge in [0.1, 0.15) is 0 Å². The van der Waals surface area contributed by atoms with Gasteiger partial charge in [-0.2, -0.15) is 0 Å². The molecular formula is C16H17BrN2OS. The van der Waals surface area contributed by atoms with Gasteiger partial charge in [0.05, 0.1) is 10.6 Å². The van der Waals surface area contributed by atoms with E-state index in [9.17, 15) is 4.79 Å². The number of rotatable bonds is 3. The molecule has 1 fully saturated rings. The Morgan fingerprint density at radius 3 is 2.90 bits per heavy atom. The lowest BCUT2D eigenvalue weighted by atomic mass is 10.2. The average molecular weight is 365 g/mol. The Morgan fingerprint density at radius 1 is 1.38 bits per heavy atom. The van der Waals surface area contributed by atoms with Crippen LogP contribution in [0.25, 0.3) is 0 Å². The van der Waals surface area contributed by atoms with Crippen molar-refractivity contribution < 1.29 is 4.79 Å². The van der Waals surface area contributed by atoms with E-state index >= 15 is 0 Å². The zero-order chi connectivity index (χ0) is 14.8. The minimum Gasteiger partial charge on any atom is -0.368 e. The Hall–Kier alpha value is -1.33. The van der Waals surface area contributed by atoms with Gasteiger partial charge in [-0.05, 0) is 58.4 Å². The molecule has 3 rings (SSSR count). The van der Waals surface area contributed by atoms with Crippen molar-refractivity contribution in [3.8, 4) is 0 Å². The smallest absolute Gasteiger partial charge is 0.261 e. The van der Waals surface area contributed by atoms with Crippen molar-refractivity contribution in [1.29, 1.82) is 0 Å². The number of halogens is 1. The summed E-state index contributed by atoms with van der Waals surface area (Å²) in [5, 5.41) is 5.12. The van der Waals surface area contributed by atoms with Gasteiger partial charge in [-0.3, -0.25) is 4.79 Å². The number of hydrogen-bond acceptors (Lipinski definition) is 3. The van der Waals surface area contributed by atoms with Gasteiger partial charge in [0.2, 0.25) is 0 Å². The number of nitrogens with one attached hydrogen (secondary N) is 1. The molecule has 0 radical (unpaired) electrons. The van der Waals surface area contributed by atoms with Crippen LogP contribution in [0.1, 0.15) is 21.7 Å². The summed E-state index contributed by atoms with van der Waals surface area (Å²) < 4.78 is 1.10. The van der Waals surface area contributed by atoms with E-state index in [2.05, 4.69) is 38.3 Å². The fraction of sp³-hybridized carbons (Fsp3) is 0.312. The van der Waals surface area contributed by atoms with E-state index in [0.717, 1.165) is 34.4 Å². The first-order valence-electron chi connectivity index (χ1n) is 6.99. The van der Waals surface area contributed by atoms with Gasteiger partial charge < -0.3 is 10.2 Å². The molecule has 2 heterocycles. The summed E-state index contributed by atoms with van der Waals surface area (Å²) in [5.74, 6) is 0.0569. The first kappa shape index (κ1) is 14.6. The minimum atomic E-state index is 0.0569. The molecule has 1 aliphatic heterocycles. The monoisotopic (exact) mass is 364 g/mol. The molecule has 1 saturated heterocycles. The van der Waals surface area contributed by atoms with E-state index in [1.165, 1.54) is 17.0 Å². The molecule has 1 aromatic heterocycles. The maximum atomic E-state index is 12.3. The molecule has 1 aliphatic rings. The number of carbonyl (C=O) groups excluding carboxylic acids is 1. The normalized spacial score (nSPS) is 18.0. The average Bonchev–Trinajstić information content (AvgIpc) is 3.08. The van der Waals surface area contributed by atoms with Crippen LogP contribution in [0.15, 0.2) is 40.2 Å².